The lowest BCUT2D eigenvalue weighted by atomic mass is 9.81. The molecule has 0 aromatic rings. The van der Waals surface area contributed by atoms with E-state index in [0.29, 0.717) is 18.0 Å². The Morgan fingerprint density at radius 2 is 1.80 bits per heavy atom. The van der Waals surface area contributed by atoms with E-state index in [0.717, 1.165) is 19.5 Å². The Balaban J connectivity index is 2.18. The van der Waals surface area contributed by atoms with E-state index in [-0.39, 0.29) is 11.2 Å². The minimum atomic E-state index is -0.0594. The molecule has 1 aliphatic heterocycles. The topological polar surface area (TPSA) is 38.5 Å². The van der Waals surface area contributed by atoms with Crippen LogP contribution in [0, 0.1) is 5.92 Å². The van der Waals surface area contributed by atoms with E-state index in [1.165, 1.54) is 25.7 Å². The fourth-order valence-corrected chi connectivity index (χ4v) is 4.64. The molecule has 0 radical (unpaired) electrons. The van der Waals surface area contributed by atoms with Crippen LogP contribution in [-0.2, 0) is 4.74 Å². The van der Waals surface area contributed by atoms with Gasteiger partial charge in [-0.1, -0.05) is 19.8 Å². The van der Waals surface area contributed by atoms with Gasteiger partial charge in [-0.2, -0.15) is 0 Å². The summed E-state index contributed by atoms with van der Waals surface area (Å²) in [5.41, 5.74) is 5.98. The third kappa shape index (κ3) is 3.20. The summed E-state index contributed by atoms with van der Waals surface area (Å²) >= 11 is 0. The van der Waals surface area contributed by atoms with Crippen LogP contribution in [0.4, 0.5) is 0 Å². The molecule has 2 aliphatic rings. The molecular formula is C17H34N2O. The zero-order valence-corrected chi connectivity index (χ0v) is 14.1. The van der Waals surface area contributed by atoms with Gasteiger partial charge in [0.05, 0.1) is 11.2 Å². The molecule has 1 heterocycles. The van der Waals surface area contributed by atoms with Crippen LogP contribution >= 0.6 is 0 Å². The fraction of sp³-hybridized carbons (Fsp3) is 1.00. The summed E-state index contributed by atoms with van der Waals surface area (Å²) in [6.07, 6.45) is 6.44. The standard InChI is InChI=1S/C17H34N2O/c1-6-19(14-10-8-7-9-13(14)12-18)15-11-16(2,3)20-17(15,4)5/h13-15H,6-12,18H2,1-5H3. The van der Waals surface area contributed by atoms with Crippen molar-refractivity contribution in [2.75, 3.05) is 13.1 Å². The van der Waals surface area contributed by atoms with Gasteiger partial charge in [0.25, 0.3) is 0 Å². The number of likely N-dealkylation sites (N-methyl/N-ethyl adjacent to an activating group) is 1. The van der Waals surface area contributed by atoms with Gasteiger partial charge >= 0.3 is 0 Å². The molecule has 0 aromatic heterocycles. The maximum absolute atomic E-state index is 6.32. The SMILES string of the molecule is CCN(C1CCCCC1CN)C1CC(C)(C)OC1(C)C. The summed E-state index contributed by atoms with van der Waals surface area (Å²) in [5, 5.41) is 0. The van der Waals surface area contributed by atoms with Crippen molar-refractivity contribution in [2.45, 2.75) is 90.0 Å². The summed E-state index contributed by atoms with van der Waals surface area (Å²) < 4.78 is 6.32. The molecule has 2 fully saturated rings. The lowest BCUT2D eigenvalue weighted by Crippen LogP contribution is -2.55. The Labute approximate surface area is 125 Å². The summed E-state index contributed by atoms with van der Waals surface area (Å²) in [5.74, 6) is 0.670. The van der Waals surface area contributed by atoms with Crippen molar-refractivity contribution in [1.82, 2.24) is 4.90 Å². The van der Waals surface area contributed by atoms with Gasteiger partial charge < -0.3 is 10.5 Å². The molecule has 2 rings (SSSR count). The molecule has 1 aliphatic carbocycles. The van der Waals surface area contributed by atoms with Crippen LogP contribution in [0.15, 0.2) is 0 Å². The summed E-state index contributed by atoms with van der Waals surface area (Å²) in [6.45, 7) is 13.2. The highest BCUT2D eigenvalue weighted by atomic mass is 16.5. The quantitative estimate of drug-likeness (QED) is 0.860. The average Bonchev–Trinajstić information content (AvgIpc) is 2.59. The van der Waals surface area contributed by atoms with Gasteiger partial charge in [0.1, 0.15) is 0 Å². The van der Waals surface area contributed by atoms with Crippen molar-refractivity contribution in [1.29, 1.82) is 0 Å². The highest BCUT2D eigenvalue weighted by Gasteiger charge is 2.50. The molecule has 20 heavy (non-hydrogen) atoms. The number of nitrogens with two attached hydrogens (primary N) is 1. The molecule has 0 bridgehead atoms. The lowest BCUT2D eigenvalue weighted by molar-refractivity contribution is -0.0875. The monoisotopic (exact) mass is 282 g/mol. The molecule has 118 valence electrons. The van der Waals surface area contributed by atoms with Gasteiger partial charge in [0, 0.05) is 12.1 Å². The van der Waals surface area contributed by atoms with Crippen molar-refractivity contribution < 1.29 is 4.74 Å². The molecule has 1 saturated heterocycles. The Morgan fingerprint density at radius 3 is 2.30 bits per heavy atom. The molecule has 1 saturated carbocycles. The van der Waals surface area contributed by atoms with Crippen molar-refractivity contribution in [3.63, 3.8) is 0 Å². The van der Waals surface area contributed by atoms with E-state index >= 15 is 0 Å². The first-order valence-electron chi connectivity index (χ1n) is 8.46. The minimum absolute atomic E-state index is 0.00549. The summed E-state index contributed by atoms with van der Waals surface area (Å²) in [4.78, 5) is 2.71. The molecule has 3 nitrogen and oxygen atoms in total. The van der Waals surface area contributed by atoms with Crippen LogP contribution in [0.5, 0.6) is 0 Å². The number of hydrogen-bond acceptors (Lipinski definition) is 3. The van der Waals surface area contributed by atoms with E-state index in [4.69, 9.17) is 10.5 Å². The van der Waals surface area contributed by atoms with Crippen LogP contribution < -0.4 is 5.73 Å². The first-order valence-corrected chi connectivity index (χ1v) is 8.46. The van der Waals surface area contributed by atoms with Gasteiger partial charge in [-0.05, 0) is 66.0 Å². The fourth-order valence-electron chi connectivity index (χ4n) is 4.64. The lowest BCUT2D eigenvalue weighted by Gasteiger charge is -2.45. The van der Waals surface area contributed by atoms with Gasteiger partial charge in [-0.15, -0.1) is 0 Å². The highest BCUT2D eigenvalue weighted by molar-refractivity contribution is 5.02. The maximum Gasteiger partial charge on any atom is 0.0789 e. The minimum Gasteiger partial charge on any atom is -0.368 e. The Morgan fingerprint density at radius 1 is 1.15 bits per heavy atom. The van der Waals surface area contributed by atoms with Crippen LogP contribution in [0.25, 0.3) is 0 Å². The molecule has 3 atom stereocenters. The van der Waals surface area contributed by atoms with Crippen LogP contribution in [-0.4, -0.2) is 41.3 Å². The van der Waals surface area contributed by atoms with Crippen molar-refractivity contribution in [3.05, 3.63) is 0 Å². The Bertz CT molecular complexity index is 327. The Kier molecular flexibility index (Phi) is 4.83. The van der Waals surface area contributed by atoms with Gasteiger partial charge in [-0.25, -0.2) is 0 Å². The first-order chi connectivity index (χ1) is 9.30. The van der Waals surface area contributed by atoms with Crippen molar-refractivity contribution in [2.24, 2.45) is 11.7 Å². The van der Waals surface area contributed by atoms with Crippen LogP contribution in [0.2, 0.25) is 0 Å². The van der Waals surface area contributed by atoms with Crippen LogP contribution in [0.1, 0.15) is 66.7 Å². The molecule has 0 aromatic carbocycles. The average molecular weight is 282 g/mol. The van der Waals surface area contributed by atoms with E-state index in [9.17, 15) is 0 Å². The normalized spacial score (nSPS) is 36.5. The third-order valence-corrected chi connectivity index (χ3v) is 5.39. The molecule has 3 heteroatoms. The number of rotatable bonds is 4. The molecule has 3 unspecified atom stereocenters. The van der Waals surface area contributed by atoms with Gasteiger partial charge in [0.2, 0.25) is 0 Å². The van der Waals surface area contributed by atoms with E-state index in [2.05, 4.69) is 39.5 Å². The first kappa shape index (κ1) is 16.3. The van der Waals surface area contributed by atoms with Crippen molar-refractivity contribution >= 4 is 0 Å². The van der Waals surface area contributed by atoms with E-state index in [1.54, 1.807) is 0 Å². The zero-order valence-electron chi connectivity index (χ0n) is 14.1. The molecular weight excluding hydrogens is 248 g/mol. The predicted octanol–water partition coefficient (Wildman–Crippen LogP) is 3.17. The number of hydrogen-bond donors (Lipinski definition) is 1. The molecule has 0 amide bonds. The van der Waals surface area contributed by atoms with E-state index < -0.39 is 0 Å². The Hall–Kier alpha value is -0.120. The van der Waals surface area contributed by atoms with E-state index in [1.807, 2.05) is 0 Å². The van der Waals surface area contributed by atoms with Crippen molar-refractivity contribution in [3.8, 4) is 0 Å². The van der Waals surface area contributed by atoms with Crippen LogP contribution in [0.3, 0.4) is 0 Å². The zero-order chi connectivity index (χ0) is 15.0. The predicted molar refractivity (Wildman–Crippen MR) is 84.8 cm³/mol. The second kappa shape index (κ2) is 5.94. The third-order valence-electron chi connectivity index (χ3n) is 5.39. The summed E-state index contributed by atoms with van der Waals surface area (Å²) in [6, 6.07) is 1.17. The molecule has 0 spiro atoms. The number of ether oxygens (including phenoxy) is 1. The second-order valence-corrected chi connectivity index (χ2v) is 7.86. The second-order valence-electron chi connectivity index (χ2n) is 7.86. The van der Waals surface area contributed by atoms with Gasteiger partial charge in [0.15, 0.2) is 0 Å². The van der Waals surface area contributed by atoms with Gasteiger partial charge in [-0.3, -0.25) is 4.90 Å². The number of nitrogens with zero attached hydrogens (tertiary/aromatic N) is 1. The highest BCUT2D eigenvalue weighted by Crippen LogP contribution is 2.42. The largest absolute Gasteiger partial charge is 0.368 e. The molecule has 2 N–H and O–H groups in total. The smallest absolute Gasteiger partial charge is 0.0789 e. The maximum atomic E-state index is 6.32. The summed E-state index contributed by atoms with van der Waals surface area (Å²) in [7, 11) is 0.